The predicted molar refractivity (Wildman–Crippen MR) is 278 cm³/mol. The van der Waals surface area contributed by atoms with Crippen LogP contribution >= 0.6 is 0 Å². The largest absolute Gasteiger partial charge is 0.462 e. The highest BCUT2D eigenvalue weighted by atomic mass is 16.5. The number of nitrogens with one attached hydrogen (secondary N) is 1. The van der Waals surface area contributed by atoms with E-state index in [9.17, 15) is 19.8 Å². The molecule has 0 aliphatic carbocycles. The van der Waals surface area contributed by atoms with E-state index >= 15 is 0 Å². The van der Waals surface area contributed by atoms with Crippen molar-refractivity contribution >= 4 is 11.9 Å². The number of rotatable bonds is 54. The van der Waals surface area contributed by atoms with Crippen molar-refractivity contribution in [2.24, 2.45) is 0 Å². The second-order valence-electron chi connectivity index (χ2n) is 20.4. The van der Waals surface area contributed by atoms with Crippen LogP contribution < -0.4 is 5.32 Å². The number of carbonyl (C=O) groups is 2. The van der Waals surface area contributed by atoms with Crippen LogP contribution in [0.2, 0.25) is 0 Å². The highest BCUT2D eigenvalue weighted by Gasteiger charge is 2.24. The fourth-order valence-electron chi connectivity index (χ4n) is 9.49. The number of aliphatic hydroxyl groups is 2. The average Bonchev–Trinajstić information content (AvgIpc) is 3.29. The Labute approximate surface area is 400 Å². The summed E-state index contributed by atoms with van der Waals surface area (Å²) in [5, 5.41) is 23.9. The molecule has 0 radical (unpaired) electrons. The van der Waals surface area contributed by atoms with Crippen molar-refractivity contribution in [3.8, 4) is 0 Å². The topological polar surface area (TPSA) is 95.9 Å². The molecule has 0 aromatic carbocycles. The number of aliphatic hydroxyl groups excluding tert-OH is 2. The molecule has 6 nitrogen and oxygen atoms in total. The van der Waals surface area contributed by atoms with E-state index in [1.807, 2.05) is 0 Å². The lowest BCUT2D eigenvalue weighted by molar-refractivity contribution is -0.151. The van der Waals surface area contributed by atoms with E-state index in [0.717, 1.165) is 38.5 Å². The van der Waals surface area contributed by atoms with Gasteiger partial charge in [-0.2, -0.15) is 0 Å². The van der Waals surface area contributed by atoms with E-state index in [0.29, 0.717) is 19.3 Å². The minimum atomic E-state index is -0.780. The molecular formula is C58H115NO5. The number of amides is 1. The first-order valence-corrected chi connectivity index (χ1v) is 29.3. The number of ether oxygens (including phenoxy) is 1. The van der Waals surface area contributed by atoms with Gasteiger partial charge >= 0.3 is 5.97 Å². The Morgan fingerprint density at radius 3 is 0.953 bits per heavy atom. The van der Waals surface area contributed by atoms with Gasteiger partial charge in [-0.1, -0.05) is 297 Å². The van der Waals surface area contributed by atoms with E-state index in [1.54, 1.807) is 0 Å². The van der Waals surface area contributed by atoms with Crippen molar-refractivity contribution in [3.63, 3.8) is 0 Å². The summed E-state index contributed by atoms with van der Waals surface area (Å²) < 4.78 is 5.96. The minimum absolute atomic E-state index is 0.0884. The molecule has 0 aliphatic rings. The van der Waals surface area contributed by atoms with Crippen molar-refractivity contribution in [2.75, 3.05) is 6.61 Å². The molecule has 0 saturated heterocycles. The lowest BCUT2D eigenvalue weighted by Crippen LogP contribution is -2.46. The highest BCUT2D eigenvalue weighted by molar-refractivity contribution is 5.77. The maximum atomic E-state index is 13.3. The lowest BCUT2D eigenvalue weighted by atomic mass is 10.0. The molecule has 0 aromatic heterocycles. The third-order valence-electron chi connectivity index (χ3n) is 13.9. The van der Waals surface area contributed by atoms with E-state index < -0.39 is 18.2 Å². The third kappa shape index (κ3) is 47.4. The molecule has 64 heavy (non-hydrogen) atoms. The molecule has 0 aromatic rings. The van der Waals surface area contributed by atoms with Gasteiger partial charge in [-0.25, -0.2) is 0 Å². The average molecular weight is 907 g/mol. The molecule has 0 aliphatic heterocycles. The van der Waals surface area contributed by atoms with Gasteiger partial charge in [0, 0.05) is 6.42 Å². The predicted octanol–water partition coefficient (Wildman–Crippen LogP) is 17.9. The second kappa shape index (κ2) is 52.8. The maximum absolute atomic E-state index is 13.3. The Morgan fingerprint density at radius 1 is 0.391 bits per heavy atom. The fraction of sp³-hybridized carbons (Fsp3) is 0.966. The summed E-state index contributed by atoms with van der Waals surface area (Å²) >= 11 is 0. The Morgan fingerprint density at radius 2 is 0.656 bits per heavy atom. The smallest absolute Gasteiger partial charge is 0.306 e. The Bertz CT molecular complexity index is 928. The van der Waals surface area contributed by atoms with Crippen LogP contribution in [0.5, 0.6) is 0 Å². The molecule has 1 amide bonds. The third-order valence-corrected chi connectivity index (χ3v) is 13.9. The molecule has 0 fully saturated rings. The number of hydrogen-bond donors (Lipinski definition) is 3. The van der Waals surface area contributed by atoms with Crippen LogP contribution in [0.25, 0.3) is 0 Å². The van der Waals surface area contributed by atoms with Crippen molar-refractivity contribution in [1.82, 2.24) is 5.32 Å². The van der Waals surface area contributed by atoms with E-state index in [4.69, 9.17) is 4.74 Å². The van der Waals surface area contributed by atoms with Crippen LogP contribution in [0, 0.1) is 0 Å². The van der Waals surface area contributed by atoms with E-state index in [1.165, 1.54) is 250 Å². The number of carbonyl (C=O) groups excluding carboxylic acids is 2. The summed E-state index contributed by atoms with van der Waals surface area (Å²) in [7, 11) is 0. The Kier molecular flexibility index (Phi) is 51.9. The van der Waals surface area contributed by atoms with Gasteiger partial charge in [0.15, 0.2) is 0 Å². The van der Waals surface area contributed by atoms with Gasteiger partial charge in [0.25, 0.3) is 0 Å². The SMILES string of the molecule is CCCCCCCCCCCCCCCCCCCC(=O)OC(CCCCCCCCCCCCCC)CC(=O)NC(CO)C(O)CCCCCCCCCCCCCCCCCC. The molecule has 0 bridgehead atoms. The first-order chi connectivity index (χ1) is 31.5. The molecule has 3 unspecified atom stereocenters. The fourth-order valence-corrected chi connectivity index (χ4v) is 9.49. The van der Waals surface area contributed by atoms with Gasteiger partial charge in [0.2, 0.25) is 5.91 Å². The maximum Gasteiger partial charge on any atom is 0.306 e. The van der Waals surface area contributed by atoms with Crippen LogP contribution in [0.1, 0.15) is 335 Å². The van der Waals surface area contributed by atoms with E-state index in [2.05, 4.69) is 26.1 Å². The Balaban J connectivity index is 4.42. The monoisotopic (exact) mass is 906 g/mol. The van der Waals surface area contributed by atoms with Gasteiger partial charge in [-0.15, -0.1) is 0 Å². The van der Waals surface area contributed by atoms with Gasteiger partial charge in [-0.05, 0) is 25.7 Å². The standard InChI is InChI=1S/C58H115NO5/c1-4-7-10-13-16-19-22-25-27-29-31-33-36-39-42-45-48-51-58(63)64-54(49-46-43-40-37-34-24-21-18-15-12-9-6-3)52-57(62)59-55(53-60)56(61)50-47-44-41-38-35-32-30-28-26-23-20-17-14-11-8-5-2/h54-56,60-61H,4-53H2,1-3H3,(H,59,62). The minimum Gasteiger partial charge on any atom is -0.462 e. The molecule has 0 rings (SSSR count). The van der Waals surface area contributed by atoms with Crippen LogP contribution in [0.4, 0.5) is 0 Å². The zero-order chi connectivity index (χ0) is 46.7. The summed E-state index contributed by atoms with van der Waals surface area (Å²) in [5.74, 6) is -0.445. The summed E-state index contributed by atoms with van der Waals surface area (Å²) in [5.41, 5.74) is 0. The van der Waals surface area contributed by atoms with Crippen LogP contribution in [-0.4, -0.2) is 46.9 Å². The van der Waals surface area contributed by atoms with Crippen LogP contribution in [0.15, 0.2) is 0 Å². The molecule has 0 spiro atoms. The second-order valence-corrected chi connectivity index (χ2v) is 20.4. The van der Waals surface area contributed by atoms with Gasteiger partial charge < -0.3 is 20.3 Å². The Hall–Kier alpha value is -1.14. The molecule has 3 N–H and O–H groups in total. The summed E-state index contributed by atoms with van der Waals surface area (Å²) in [4.78, 5) is 26.2. The first kappa shape index (κ1) is 62.9. The zero-order valence-corrected chi connectivity index (χ0v) is 43.7. The van der Waals surface area contributed by atoms with Gasteiger partial charge in [0.05, 0.1) is 25.2 Å². The molecule has 0 saturated carbocycles. The van der Waals surface area contributed by atoms with Crippen molar-refractivity contribution < 1.29 is 24.5 Å². The highest BCUT2D eigenvalue weighted by Crippen LogP contribution is 2.19. The van der Waals surface area contributed by atoms with E-state index in [-0.39, 0.29) is 24.9 Å². The quantitative estimate of drug-likeness (QED) is 0.0417. The summed E-state index contributed by atoms with van der Waals surface area (Å²) in [6.45, 7) is 6.54. The lowest BCUT2D eigenvalue weighted by Gasteiger charge is -2.24. The van der Waals surface area contributed by atoms with Crippen molar-refractivity contribution in [1.29, 1.82) is 0 Å². The van der Waals surface area contributed by atoms with Crippen LogP contribution in [-0.2, 0) is 14.3 Å². The number of unbranched alkanes of at least 4 members (excludes halogenated alkanes) is 42. The van der Waals surface area contributed by atoms with Gasteiger partial charge in [0.1, 0.15) is 6.10 Å². The number of hydrogen-bond acceptors (Lipinski definition) is 5. The van der Waals surface area contributed by atoms with Crippen molar-refractivity contribution in [2.45, 2.75) is 354 Å². The summed E-state index contributed by atoms with van der Waals surface area (Å²) in [6, 6.07) is -0.693. The summed E-state index contributed by atoms with van der Waals surface area (Å²) in [6.07, 6.45) is 58.8. The van der Waals surface area contributed by atoms with Gasteiger partial charge in [-0.3, -0.25) is 9.59 Å². The first-order valence-electron chi connectivity index (χ1n) is 29.3. The van der Waals surface area contributed by atoms with Crippen LogP contribution in [0.3, 0.4) is 0 Å². The molecule has 0 heterocycles. The normalized spacial score (nSPS) is 13.0. The molecule has 382 valence electrons. The zero-order valence-electron chi connectivity index (χ0n) is 43.7. The van der Waals surface area contributed by atoms with Crippen molar-refractivity contribution in [3.05, 3.63) is 0 Å². The molecule has 6 heteroatoms. The number of esters is 1. The molecular weight excluding hydrogens is 791 g/mol. The molecule has 3 atom stereocenters.